The van der Waals surface area contributed by atoms with Gasteiger partial charge < -0.3 is 9.84 Å². The second-order valence-corrected chi connectivity index (χ2v) is 6.72. The summed E-state index contributed by atoms with van der Waals surface area (Å²) in [5, 5.41) is 9.49. The number of nitrogens with zero attached hydrogens (tertiary/aromatic N) is 1. The quantitative estimate of drug-likeness (QED) is 0.782. The molecule has 0 aliphatic heterocycles. The molecule has 0 bridgehead atoms. The SMILES string of the molecule is CC(CC1(CC(C)C(=O)O)c2ccccc2-c2ncccc21)OC=O. The zero-order valence-electron chi connectivity index (χ0n) is 14.3. The van der Waals surface area contributed by atoms with Gasteiger partial charge in [-0.3, -0.25) is 14.6 Å². The van der Waals surface area contributed by atoms with Gasteiger partial charge >= 0.3 is 5.97 Å². The van der Waals surface area contributed by atoms with Gasteiger partial charge in [0.15, 0.2) is 0 Å². The zero-order chi connectivity index (χ0) is 18.0. The van der Waals surface area contributed by atoms with Crippen LogP contribution in [0.25, 0.3) is 11.3 Å². The minimum absolute atomic E-state index is 0.335. The van der Waals surface area contributed by atoms with Crippen molar-refractivity contribution in [3.63, 3.8) is 0 Å². The Morgan fingerprint density at radius 2 is 1.92 bits per heavy atom. The van der Waals surface area contributed by atoms with Crippen LogP contribution in [0.5, 0.6) is 0 Å². The molecular formula is C20H21NO4. The van der Waals surface area contributed by atoms with E-state index in [1.54, 1.807) is 13.1 Å². The molecule has 1 aromatic carbocycles. The maximum Gasteiger partial charge on any atom is 0.306 e. The fraction of sp³-hybridized carbons (Fsp3) is 0.350. The smallest absolute Gasteiger partial charge is 0.306 e. The van der Waals surface area contributed by atoms with Crippen molar-refractivity contribution in [3.8, 4) is 11.3 Å². The van der Waals surface area contributed by atoms with E-state index in [4.69, 9.17) is 4.74 Å². The van der Waals surface area contributed by atoms with Crippen LogP contribution in [0.15, 0.2) is 42.6 Å². The lowest BCUT2D eigenvalue weighted by atomic mass is 9.69. The molecule has 5 nitrogen and oxygen atoms in total. The molecule has 130 valence electrons. The van der Waals surface area contributed by atoms with Crippen LogP contribution >= 0.6 is 0 Å². The Morgan fingerprint density at radius 3 is 2.64 bits per heavy atom. The Morgan fingerprint density at radius 1 is 1.20 bits per heavy atom. The number of carboxylic acids is 1. The van der Waals surface area contributed by atoms with E-state index in [1.165, 1.54) is 0 Å². The summed E-state index contributed by atoms with van der Waals surface area (Å²) in [4.78, 5) is 26.9. The van der Waals surface area contributed by atoms with Crippen LogP contribution in [0, 0.1) is 5.92 Å². The van der Waals surface area contributed by atoms with Gasteiger partial charge in [-0.25, -0.2) is 0 Å². The van der Waals surface area contributed by atoms with Crippen LogP contribution in [0.3, 0.4) is 0 Å². The third-order valence-electron chi connectivity index (χ3n) is 5.02. The van der Waals surface area contributed by atoms with Crippen LogP contribution in [0.2, 0.25) is 0 Å². The van der Waals surface area contributed by atoms with Crippen molar-refractivity contribution in [1.29, 1.82) is 0 Å². The highest BCUT2D eigenvalue weighted by Gasteiger charge is 2.46. The molecule has 0 saturated carbocycles. The molecule has 3 rings (SSSR count). The molecule has 2 aromatic rings. The van der Waals surface area contributed by atoms with Gasteiger partial charge in [0.2, 0.25) is 0 Å². The summed E-state index contributed by atoms with van der Waals surface area (Å²) in [7, 11) is 0. The first-order valence-corrected chi connectivity index (χ1v) is 8.37. The van der Waals surface area contributed by atoms with E-state index < -0.39 is 17.3 Å². The van der Waals surface area contributed by atoms with Crippen molar-refractivity contribution in [3.05, 3.63) is 53.7 Å². The van der Waals surface area contributed by atoms with Crippen LogP contribution in [0.1, 0.15) is 37.8 Å². The molecule has 25 heavy (non-hydrogen) atoms. The number of fused-ring (bicyclic) bond motifs is 3. The summed E-state index contributed by atoms with van der Waals surface area (Å²) in [5.41, 5.74) is 3.42. The Labute approximate surface area is 146 Å². The Balaban J connectivity index is 2.18. The fourth-order valence-electron chi connectivity index (χ4n) is 4.02. The predicted molar refractivity (Wildman–Crippen MR) is 93.1 cm³/mol. The van der Waals surface area contributed by atoms with Gasteiger partial charge in [-0.15, -0.1) is 0 Å². The summed E-state index contributed by atoms with van der Waals surface area (Å²) >= 11 is 0. The molecule has 1 aliphatic rings. The van der Waals surface area contributed by atoms with E-state index in [2.05, 4.69) is 4.98 Å². The molecule has 0 saturated heterocycles. The summed E-state index contributed by atoms with van der Waals surface area (Å²) in [6, 6.07) is 11.8. The van der Waals surface area contributed by atoms with Crippen LogP contribution in [-0.2, 0) is 19.7 Å². The van der Waals surface area contributed by atoms with Gasteiger partial charge in [0.1, 0.15) is 0 Å². The van der Waals surface area contributed by atoms with Gasteiger partial charge in [-0.2, -0.15) is 0 Å². The first-order valence-electron chi connectivity index (χ1n) is 8.37. The van der Waals surface area contributed by atoms with E-state index in [0.717, 1.165) is 22.4 Å². The molecule has 3 unspecified atom stereocenters. The van der Waals surface area contributed by atoms with Gasteiger partial charge in [0, 0.05) is 17.2 Å². The van der Waals surface area contributed by atoms with Crippen LogP contribution in [-0.4, -0.2) is 28.6 Å². The van der Waals surface area contributed by atoms with E-state index >= 15 is 0 Å². The first kappa shape index (κ1) is 17.1. The number of benzene rings is 1. The number of carbonyl (C=O) groups is 2. The third-order valence-corrected chi connectivity index (χ3v) is 5.02. The Bertz CT molecular complexity index is 756. The maximum atomic E-state index is 11.6. The predicted octanol–water partition coefficient (Wildman–Crippen LogP) is 3.41. The first-order chi connectivity index (χ1) is 12.0. The van der Waals surface area contributed by atoms with Gasteiger partial charge in [0.25, 0.3) is 6.47 Å². The molecule has 0 spiro atoms. The minimum Gasteiger partial charge on any atom is -0.481 e. The van der Waals surface area contributed by atoms with Gasteiger partial charge in [-0.05, 0) is 37.0 Å². The number of hydrogen-bond acceptors (Lipinski definition) is 4. The lowest BCUT2D eigenvalue weighted by Gasteiger charge is -2.35. The largest absolute Gasteiger partial charge is 0.481 e. The monoisotopic (exact) mass is 339 g/mol. The molecule has 0 fully saturated rings. The topological polar surface area (TPSA) is 76.5 Å². The molecule has 5 heteroatoms. The number of ether oxygens (including phenoxy) is 1. The third kappa shape index (κ3) is 2.90. The average Bonchev–Trinajstić information content (AvgIpc) is 2.86. The summed E-state index contributed by atoms with van der Waals surface area (Å²) in [6.45, 7) is 3.99. The van der Waals surface area contributed by atoms with Crippen molar-refractivity contribution in [2.45, 2.75) is 38.2 Å². The number of aliphatic carboxylic acids is 1. The molecule has 1 aromatic heterocycles. The minimum atomic E-state index is -0.835. The van der Waals surface area contributed by atoms with E-state index in [-0.39, 0.29) is 6.10 Å². The standard InChI is InChI=1S/C20H21NO4/c1-13(19(23)24)10-20(11-14(2)25-12-22)16-7-4-3-6-15(16)18-17(20)8-5-9-21-18/h3-9,12-14H,10-11H2,1-2H3,(H,23,24). The van der Waals surface area contributed by atoms with E-state index in [1.807, 2.05) is 43.3 Å². The van der Waals surface area contributed by atoms with Gasteiger partial charge in [-0.1, -0.05) is 37.3 Å². The second-order valence-electron chi connectivity index (χ2n) is 6.72. The number of carbonyl (C=O) groups excluding carboxylic acids is 1. The molecule has 0 radical (unpaired) electrons. The summed E-state index contributed by atoms with van der Waals surface area (Å²) < 4.78 is 5.15. The molecule has 3 atom stereocenters. The highest BCUT2D eigenvalue weighted by molar-refractivity contribution is 5.79. The maximum absolute atomic E-state index is 11.6. The number of aromatic nitrogens is 1. The summed E-state index contributed by atoms with van der Waals surface area (Å²) in [6.07, 6.45) is 2.35. The second kappa shape index (κ2) is 6.67. The van der Waals surface area contributed by atoms with Crippen LogP contribution < -0.4 is 0 Å². The normalized spacial score (nSPS) is 20.2. The van der Waals surface area contributed by atoms with Crippen LogP contribution in [0.4, 0.5) is 0 Å². The fourth-order valence-corrected chi connectivity index (χ4v) is 4.02. The zero-order valence-corrected chi connectivity index (χ0v) is 14.3. The molecule has 1 heterocycles. The number of pyridine rings is 1. The lowest BCUT2D eigenvalue weighted by molar-refractivity contribution is -0.142. The molecule has 1 aliphatic carbocycles. The van der Waals surface area contributed by atoms with Crippen molar-refractivity contribution < 1.29 is 19.4 Å². The van der Waals surface area contributed by atoms with Crippen molar-refractivity contribution in [2.75, 3.05) is 0 Å². The molecular weight excluding hydrogens is 318 g/mol. The number of hydrogen-bond donors (Lipinski definition) is 1. The van der Waals surface area contributed by atoms with Crippen molar-refractivity contribution in [1.82, 2.24) is 4.98 Å². The van der Waals surface area contributed by atoms with E-state index in [0.29, 0.717) is 19.3 Å². The highest BCUT2D eigenvalue weighted by atomic mass is 16.5. The van der Waals surface area contributed by atoms with E-state index in [9.17, 15) is 14.7 Å². The van der Waals surface area contributed by atoms with Crippen molar-refractivity contribution >= 4 is 12.4 Å². The molecule has 0 amide bonds. The Hall–Kier alpha value is -2.69. The van der Waals surface area contributed by atoms with Gasteiger partial charge in [0.05, 0.1) is 17.7 Å². The number of rotatable bonds is 7. The lowest BCUT2D eigenvalue weighted by Crippen LogP contribution is -2.34. The highest BCUT2D eigenvalue weighted by Crippen LogP contribution is 2.53. The number of carboxylic acid groups (broad SMARTS) is 1. The summed E-state index contributed by atoms with van der Waals surface area (Å²) in [5.74, 6) is -1.37. The molecule has 1 N–H and O–H groups in total. The Kier molecular flexibility index (Phi) is 4.57. The average molecular weight is 339 g/mol. The van der Waals surface area contributed by atoms with Crippen molar-refractivity contribution in [2.24, 2.45) is 5.92 Å².